The molecule has 0 saturated carbocycles. The first-order chi connectivity index (χ1) is 11.0. The van der Waals surface area contributed by atoms with Gasteiger partial charge in [0.05, 0.1) is 16.4 Å². The van der Waals surface area contributed by atoms with Crippen LogP contribution in [0.1, 0.15) is 21.5 Å². The van der Waals surface area contributed by atoms with Crippen LogP contribution < -0.4 is 5.32 Å². The van der Waals surface area contributed by atoms with Gasteiger partial charge < -0.3 is 5.32 Å². The van der Waals surface area contributed by atoms with Crippen molar-refractivity contribution >= 4 is 27.5 Å². The molecule has 1 heterocycles. The number of hydrogen-bond donors (Lipinski definition) is 1. The van der Waals surface area contributed by atoms with Crippen LogP contribution in [0, 0.1) is 13.8 Å². The standard InChI is InChI=1S/C18H16BrN3O/c1-12-4-3-5-17(13(12)2)21-18(23)14-6-8-16(9-7-14)22-11-15(19)10-20-22/h3-11H,1-2H3,(H,21,23). The van der Waals surface area contributed by atoms with Crippen molar-refractivity contribution < 1.29 is 4.79 Å². The summed E-state index contributed by atoms with van der Waals surface area (Å²) < 4.78 is 2.66. The van der Waals surface area contributed by atoms with Gasteiger partial charge in [-0.1, -0.05) is 12.1 Å². The lowest BCUT2D eigenvalue weighted by Crippen LogP contribution is -2.13. The Morgan fingerprint density at radius 3 is 2.52 bits per heavy atom. The van der Waals surface area contributed by atoms with Gasteiger partial charge in [-0.3, -0.25) is 4.79 Å². The molecule has 4 nitrogen and oxygen atoms in total. The number of anilines is 1. The second kappa shape index (κ2) is 6.38. The molecule has 1 N–H and O–H groups in total. The molecule has 0 unspecified atom stereocenters. The number of aryl methyl sites for hydroxylation is 1. The Hall–Kier alpha value is -2.40. The molecule has 0 radical (unpaired) electrons. The Kier molecular flexibility index (Phi) is 4.30. The molecule has 1 aromatic heterocycles. The van der Waals surface area contributed by atoms with Gasteiger partial charge in [0.2, 0.25) is 0 Å². The number of nitrogens with one attached hydrogen (secondary N) is 1. The molecule has 0 atom stereocenters. The third-order valence-electron chi connectivity index (χ3n) is 3.80. The van der Waals surface area contributed by atoms with Crippen LogP contribution in [0.3, 0.4) is 0 Å². The van der Waals surface area contributed by atoms with Gasteiger partial charge in [-0.25, -0.2) is 4.68 Å². The van der Waals surface area contributed by atoms with Gasteiger partial charge in [0.25, 0.3) is 5.91 Å². The van der Waals surface area contributed by atoms with E-state index in [0.717, 1.165) is 27.0 Å². The fourth-order valence-corrected chi connectivity index (χ4v) is 2.57. The number of halogens is 1. The van der Waals surface area contributed by atoms with Crippen molar-refractivity contribution in [3.05, 3.63) is 76.0 Å². The van der Waals surface area contributed by atoms with Crippen molar-refractivity contribution in [2.75, 3.05) is 5.32 Å². The molecule has 116 valence electrons. The summed E-state index contributed by atoms with van der Waals surface area (Å²) in [6, 6.07) is 13.2. The zero-order valence-corrected chi connectivity index (χ0v) is 14.5. The molecule has 23 heavy (non-hydrogen) atoms. The number of rotatable bonds is 3. The van der Waals surface area contributed by atoms with Crippen molar-refractivity contribution in [2.45, 2.75) is 13.8 Å². The van der Waals surface area contributed by atoms with E-state index in [1.807, 2.05) is 50.4 Å². The van der Waals surface area contributed by atoms with Gasteiger partial charge in [0, 0.05) is 17.4 Å². The monoisotopic (exact) mass is 369 g/mol. The van der Waals surface area contributed by atoms with Crippen LogP contribution in [-0.2, 0) is 0 Å². The zero-order valence-electron chi connectivity index (χ0n) is 12.9. The van der Waals surface area contributed by atoms with Crippen molar-refractivity contribution in [2.24, 2.45) is 0 Å². The quantitative estimate of drug-likeness (QED) is 0.738. The summed E-state index contributed by atoms with van der Waals surface area (Å²) in [4.78, 5) is 12.4. The van der Waals surface area contributed by atoms with Crippen molar-refractivity contribution in [1.29, 1.82) is 0 Å². The highest BCUT2D eigenvalue weighted by molar-refractivity contribution is 9.10. The van der Waals surface area contributed by atoms with E-state index in [9.17, 15) is 4.79 Å². The maximum Gasteiger partial charge on any atom is 0.255 e. The topological polar surface area (TPSA) is 46.9 Å². The van der Waals surface area contributed by atoms with Crippen LogP contribution in [0.2, 0.25) is 0 Å². The van der Waals surface area contributed by atoms with E-state index in [4.69, 9.17) is 0 Å². The van der Waals surface area contributed by atoms with Gasteiger partial charge in [-0.15, -0.1) is 0 Å². The van der Waals surface area contributed by atoms with Gasteiger partial charge in [0.15, 0.2) is 0 Å². The molecule has 0 bridgehead atoms. The molecule has 0 saturated heterocycles. The third-order valence-corrected chi connectivity index (χ3v) is 4.21. The van der Waals surface area contributed by atoms with E-state index in [-0.39, 0.29) is 5.91 Å². The fourth-order valence-electron chi connectivity index (χ4n) is 2.29. The normalized spacial score (nSPS) is 10.6. The van der Waals surface area contributed by atoms with Crippen molar-refractivity contribution in [3.63, 3.8) is 0 Å². The second-order valence-electron chi connectivity index (χ2n) is 5.35. The predicted octanol–water partition coefficient (Wildman–Crippen LogP) is 4.50. The molecule has 0 aliphatic heterocycles. The molecular weight excluding hydrogens is 354 g/mol. The Balaban J connectivity index is 1.79. The molecule has 1 amide bonds. The molecule has 0 fully saturated rings. The molecule has 3 rings (SSSR count). The average Bonchev–Trinajstić information content (AvgIpc) is 2.98. The van der Waals surface area contributed by atoms with E-state index in [2.05, 4.69) is 26.3 Å². The predicted molar refractivity (Wildman–Crippen MR) is 95.1 cm³/mol. The maximum absolute atomic E-state index is 12.4. The number of amides is 1. The summed E-state index contributed by atoms with van der Waals surface area (Å²) in [6.07, 6.45) is 3.59. The van der Waals surface area contributed by atoms with Gasteiger partial charge in [-0.2, -0.15) is 5.10 Å². The van der Waals surface area contributed by atoms with E-state index in [1.165, 1.54) is 0 Å². The molecule has 0 spiro atoms. The summed E-state index contributed by atoms with van der Waals surface area (Å²) in [5.74, 6) is -0.119. The Bertz CT molecular complexity index is 853. The lowest BCUT2D eigenvalue weighted by Gasteiger charge is -2.10. The fraction of sp³-hybridized carbons (Fsp3) is 0.111. The van der Waals surface area contributed by atoms with Crippen LogP contribution in [-0.4, -0.2) is 15.7 Å². The number of carbonyl (C=O) groups excluding carboxylic acids is 1. The number of carbonyl (C=O) groups is 1. The largest absolute Gasteiger partial charge is 0.322 e. The molecule has 0 aliphatic carbocycles. The third kappa shape index (κ3) is 3.35. The first kappa shape index (κ1) is 15.5. The maximum atomic E-state index is 12.4. The smallest absolute Gasteiger partial charge is 0.255 e. The Labute approximate surface area is 143 Å². The first-order valence-corrected chi connectivity index (χ1v) is 8.02. The summed E-state index contributed by atoms with van der Waals surface area (Å²) in [6.45, 7) is 4.03. The number of benzene rings is 2. The van der Waals surface area contributed by atoms with Crippen LogP contribution in [0.4, 0.5) is 5.69 Å². The summed E-state index contributed by atoms with van der Waals surface area (Å²) in [5.41, 5.74) is 4.59. The molecule has 0 aliphatic rings. The first-order valence-electron chi connectivity index (χ1n) is 7.23. The summed E-state index contributed by atoms with van der Waals surface area (Å²) in [7, 11) is 0. The van der Waals surface area contributed by atoms with Crippen molar-refractivity contribution in [1.82, 2.24) is 9.78 Å². The van der Waals surface area contributed by atoms with Crippen LogP contribution in [0.25, 0.3) is 5.69 Å². The SMILES string of the molecule is Cc1cccc(NC(=O)c2ccc(-n3cc(Br)cn3)cc2)c1C. The second-order valence-corrected chi connectivity index (χ2v) is 6.27. The lowest BCUT2D eigenvalue weighted by atomic mass is 10.1. The minimum absolute atomic E-state index is 0.119. The minimum Gasteiger partial charge on any atom is -0.322 e. The lowest BCUT2D eigenvalue weighted by molar-refractivity contribution is 0.102. The van der Waals surface area contributed by atoms with E-state index in [1.54, 1.807) is 23.0 Å². The average molecular weight is 370 g/mol. The van der Waals surface area contributed by atoms with Crippen LogP contribution in [0.5, 0.6) is 0 Å². The highest BCUT2D eigenvalue weighted by Gasteiger charge is 2.09. The molecule has 2 aromatic carbocycles. The number of nitrogens with zero attached hydrogens (tertiary/aromatic N) is 2. The molecule has 3 aromatic rings. The van der Waals surface area contributed by atoms with E-state index in [0.29, 0.717) is 5.56 Å². The van der Waals surface area contributed by atoms with E-state index >= 15 is 0 Å². The minimum atomic E-state index is -0.119. The van der Waals surface area contributed by atoms with E-state index < -0.39 is 0 Å². The molecule has 5 heteroatoms. The highest BCUT2D eigenvalue weighted by atomic mass is 79.9. The Morgan fingerprint density at radius 2 is 1.87 bits per heavy atom. The zero-order chi connectivity index (χ0) is 16.4. The van der Waals surface area contributed by atoms with Crippen molar-refractivity contribution in [3.8, 4) is 5.69 Å². The van der Waals surface area contributed by atoms with Crippen LogP contribution >= 0.6 is 15.9 Å². The number of hydrogen-bond acceptors (Lipinski definition) is 2. The van der Waals surface area contributed by atoms with Gasteiger partial charge in [0.1, 0.15) is 0 Å². The number of aromatic nitrogens is 2. The van der Waals surface area contributed by atoms with Gasteiger partial charge >= 0.3 is 0 Å². The Morgan fingerprint density at radius 1 is 1.13 bits per heavy atom. The highest BCUT2D eigenvalue weighted by Crippen LogP contribution is 2.19. The summed E-state index contributed by atoms with van der Waals surface area (Å²) >= 11 is 3.37. The van der Waals surface area contributed by atoms with Crippen LogP contribution in [0.15, 0.2) is 59.3 Å². The summed E-state index contributed by atoms with van der Waals surface area (Å²) in [5, 5.41) is 7.18. The van der Waals surface area contributed by atoms with Gasteiger partial charge in [-0.05, 0) is 71.2 Å². The molecular formula is C18H16BrN3O.